The predicted octanol–water partition coefficient (Wildman–Crippen LogP) is 3.25. The van der Waals surface area contributed by atoms with E-state index in [0.29, 0.717) is 16.5 Å². The summed E-state index contributed by atoms with van der Waals surface area (Å²) in [5, 5.41) is 9.31. The quantitative estimate of drug-likeness (QED) is 0.829. The van der Waals surface area contributed by atoms with Gasteiger partial charge in [-0.25, -0.2) is 4.39 Å². The van der Waals surface area contributed by atoms with Crippen molar-refractivity contribution in [1.82, 2.24) is 0 Å². The number of hydrogen-bond acceptors (Lipinski definition) is 1. The number of halogens is 2. The highest BCUT2D eigenvalue weighted by Crippen LogP contribution is 2.21. The van der Waals surface area contributed by atoms with Gasteiger partial charge in [0.2, 0.25) is 0 Å². The second-order valence-corrected chi connectivity index (χ2v) is 3.37. The minimum absolute atomic E-state index is 0.204. The van der Waals surface area contributed by atoms with Crippen LogP contribution in [0.15, 0.2) is 22.7 Å². The summed E-state index contributed by atoms with van der Waals surface area (Å²) >= 11 is 3.15. The smallest absolute Gasteiger partial charge is 0.124 e. The number of rotatable bonds is 2. The third kappa shape index (κ3) is 2.29. The topological polar surface area (TPSA) is 20.2 Å². The molecule has 0 saturated heterocycles. The number of aliphatic hydroxyl groups is 1. The SMILES string of the molecule is CC[C](O)c1cc(F)cc(Br)c1. The van der Waals surface area contributed by atoms with Crippen LogP contribution >= 0.6 is 15.9 Å². The lowest BCUT2D eigenvalue weighted by atomic mass is 10.1. The van der Waals surface area contributed by atoms with Crippen LogP contribution in [-0.4, -0.2) is 5.11 Å². The second kappa shape index (κ2) is 4.01. The molecule has 1 N–H and O–H groups in total. The van der Waals surface area contributed by atoms with Gasteiger partial charge >= 0.3 is 0 Å². The van der Waals surface area contributed by atoms with Gasteiger partial charge in [0.1, 0.15) is 11.9 Å². The van der Waals surface area contributed by atoms with Gasteiger partial charge in [-0.1, -0.05) is 22.9 Å². The average Bonchev–Trinajstić information content (AvgIpc) is 2.01. The molecule has 3 heteroatoms. The lowest BCUT2D eigenvalue weighted by Gasteiger charge is -2.06. The van der Waals surface area contributed by atoms with Crippen LogP contribution in [0.3, 0.4) is 0 Å². The fourth-order valence-electron chi connectivity index (χ4n) is 0.925. The van der Waals surface area contributed by atoms with Crippen molar-refractivity contribution < 1.29 is 9.50 Å². The van der Waals surface area contributed by atoms with Gasteiger partial charge in [0.15, 0.2) is 0 Å². The fourth-order valence-corrected chi connectivity index (χ4v) is 1.39. The van der Waals surface area contributed by atoms with Gasteiger partial charge in [0, 0.05) is 4.47 Å². The molecule has 0 unspecified atom stereocenters. The monoisotopic (exact) mass is 231 g/mol. The van der Waals surface area contributed by atoms with Crippen molar-refractivity contribution in [2.75, 3.05) is 0 Å². The zero-order valence-corrected chi connectivity index (χ0v) is 8.23. The Morgan fingerprint density at radius 3 is 2.67 bits per heavy atom. The van der Waals surface area contributed by atoms with E-state index in [-0.39, 0.29) is 11.9 Å². The molecule has 0 aromatic heterocycles. The van der Waals surface area contributed by atoms with Crippen LogP contribution in [0.1, 0.15) is 18.9 Å². The van der Waals surface area contributed by atoms with Gasteiger partial charge in [-0.2, -0.15) is 0 Å². The first-order valence-corrected chi connectivity index (χ1v) is 4.44. The van der Waals surface area contributed by atoms with E-state index in [4.69, 9.17) is 0 Å². The van der Waals surface area contributed by atoms with Crippen LogP contribution in [0, 0.1) is 11.9 Å². The van der Waals surface area contributed by atoms with Gasteiger partial charge in [0.05, 0.1) is 0 Å². The molecule has 0 aliphatic rings. The van der Waals surface area contributed by atoms with E-state index in [1.165, 1.54) is 12.1 Å². The van der Waals surface area contributed by atoms with Crippen LogP contribution in [-0.2, 0) is 0 Å². The zero-order chi connectivity index (χ0) is 9.14. The highest BCUT2D eigenvalue weighted by Gasteiger charge is 2.07. The maximum Gasteiger partial charge on any atom is 0.124 e. The van der Waals surface area contributed by atoms with Crippen molar-refractivity contribution in [3.63, 3.8) is 0 Å². The summed E-state index contributed by atoms with van der Waals surface area (Å²) in [5.41, 5.74) is 0.532. The first kappa shape index (κ1) is 9.68. The largest absolute Gasteiger partial charge is 0.382 e. The summed E-state index contributed by atoms with van der Waals surface area (Å²) in [6, 6.07) is 4.35. The Balaban J connectivity index is 3.00. The van der Waals surface area contributed by atoms with Crippen molar-refractivity contribution in [2.45, 2.75) is 13.3 Å². The maximum atomic E-state index is 12.8. The van der Waals surface area contributed by atoms with E-state index in [1.807, 2.05) is 6.92 Å². The van der Waals surface area contributed by atoms with Gasteiger partial charge in [-0.15, -0.1) is 0 Å². The number of aliphatic hydroxyl groups excluding tert-OH is 1. The third-order valence-corrected chi connectivity index (χ3v) is 1.99. The molecule has 0 bridgehead atoms. The zero-order valence-electron chi connectivity index (χ0n) is 6.64. The predicted molar refractivity (Wildman–Crippen MR) is 48.7 cm³/mol. The Morgan fingerprint density at radius 1 is 1.50 bits per heavy atom. The summed E-state index contributed by atoms with van der Waals surface area (Å²) in [7, 11) is 0. The Bertz CT molecular complexity index is 255. The molecule has 0 amide bonds. The minimum atomic E-state index is -0.348. The van der Waals surface area contributed by atoms with Gasteiger partial charge < -0.3 is 5.11 Å². The summed E-state index contributed by atoms with van der Waals surface area (Å²) in [6.45, 7) is 1.81. The summed E-state index contributed by atoms with van der Waals surface area (Å²) in [6.07, 6.45) is 0.714. The summed E-state index contributed by atoms with van der Waals surface area (Å²) < 4.78 is 13.4. The molecule has 0 spiro atoms. The van der Waals surface area contributed by atoms with Crippen molar-refractivity contribution in [3.05, 3.63) is 40.2 Å². The maximum absolute atomic E-state index is 12.8. The van der Waals surface area contributed by atoms with Crippen LogP contribution in [0.4, 0.5) is 4.39 Å². The molecular weight excluding hydrogens is 223 g/mol. The highest BCUT2D eigenvalue weighted by atomic mass is 79.9. The van der Waals surface area contributed by atoms with Gasteiger partial charge in [-0.3, -0.25) is 0 Å². The lowest BCUT2D eigenvalue weighted by molar-refractivity contribution is 0.318. The van der Waals surface area contributed by atoms with Crippen LogP contribution < -0.4 is 0 Å². The summed E-state index contributed by atoms with van der Waals surface area (Å²) in [5.74, 6) is -0.348. The van der Waals surface area contributed by atoms with Gasteiger partial charge in [0.25, 0.3) is 0 Å². The first-order valence-electron chi connectivity index (χ1n) is 3.64. The van der Waals surface area contributed by atoms with Crippen LogP contribution in [0.25, 0.3) is 0 Å². The highest BCUT2D eigenvalue weighted by molar-refractivity contribution is 9.10. The van der Waals surface area contributed by atoms with E-state index >= 15 is 0 Å². The van der Waals surface area contributed by atoms with Crippen LogP contribution in [0.5, 0.6) is 0 Å². The molecule has 1 aromatic carbocycles. The molecule has 0 atom stereocenters. The van der Waals surface area contributed by atoms with Crippen LogP contribution in [0.2, 0.25) is 0 Å². The van der Waals surface area contributed by atoms with Crippen molar-refractivity contribution in [1.29, 1.82) is 0 Å². The first-order chi connectivity index (χ1) is 5.63. The van der Waals surface area contributed by atoms with Crippen molar-refractivity contribution in [3.8, 4) is 0 Å². The molecule has 0 aliphatic carbocycles. The Morgan fingerprint density at radius 2 is 2.17 bits per heavy atom. The van der Waals surface area contributed by atoms with E-state index in [1.54, 1.807) is 6.07 Å². The molecule has 65 valence electrons. The molecule has 12 heavy (non-hydrogen) atoms. The molecule has 1 radical (unpaired) electrons. The molecule has 0 heterocycles. The normalized spacial score (nSPS) is 10.8. The number of hydrogen-bond donors (Lipinski definition) is 1. The molecule has 1 rings (SSSR count). The van der Waals surface area contributed by atoms with E-state index in [0.717, 1.165) is 0 Å². The molecule has 0 fully saturated rings. The minimum Gasteiger partial charge on any atom is -0.382 e. The Labute approximate surface area is 79.4 Å². The Hall–Kier alpha value is -0.410. The third-order valence-electron chi connectivity index (χ3n) is 1.53. The molecule has 1 nitrogen and oxygen atoms in total. The van der Waals surface area contributed by atoms with Crippen molar-refractivity contribution in [2.24, 2.45) is 0 Å². The standard InChI is InChI=1S/C9H9BrFO/c1-2-9(12)6-3-7(10)5-8(11)4-6/h3-5,12H,2H2,1H3. The average molecular weight is 232 g/mol. The fraction of sp³-hybridized carbons (Fsp3) is 0.222. The molecular formula is C9H9BrFO. The van der Waals surface area contributed by atoms with E-state index in [9.17, 15) is 9.50 Å². The molecule has 0 aliphatic heterocycles. The molecule has 1 aromatic rings. The summed E-state index contributed by atoms with van der Waals surface area (Å²) in [4.78, 5) is 0. The van der Waals surface area contributed by atoms with Crippen molar-refractivity contribution >= 4 is 15.9 Å². The van der Waals surface area contributed by atoms with Gasteiger partial charge in [-0.05, 0) is 30.2 Å². The Kier molecular flexibility index (Phi) is 3.23. The lowest BCUT2D eigenvalue weighted by Crippen LogP contribution is -1.96. The van der Waals surface area contributed by atoms with E-state index in [2.05, 4.69) is 15.9 Å². The van der Waals surface area contributed by atoms with E-state index < -0.39 is 0 Å². The molecule has 0 saturated carbocycles. The number of benzene rings is 1. The second-order valence-electron chi connectivity index (χ2n) is 2.46.